The molecule has 1 aromatic heterocycles. The van der Waals surface area contributed by atoms with Crippen LogP contribution >= 0.6 is 0 Å². The topological polar surface area (TPSA) is 83.8 Å². The summed E-state index contributed by atoms with van der Waals surface area (Å²) in [4.78, 5) is 37.1. The van der Waals surface area contributed by atoms with Crippen LogP contribution in [0.4, 0.5) is 4.79 Å². The van der Waals surface area contributed by atoms with Crippen molar-refractivity contribution in [1.29, 1.82) is 0 Å². The molecule has 2 unspecified atom stereocenters. The van der Waals surface area contributed by atoms with Crippen molar-refractivity contribution >= 4 is 17.9 Å². The van der Waals surface area contributed by atoms with E-state index in [0.717, 1.165) is 5.69 Å². The summed E-state index contributed by atoms with van der Waals surface area (Å²) in [5.41, 5.74) is 1.88. The van der Waals surface area contributed by atoms with E-state index in [1.807, 2.05) is 22.8 Å². The van der Waals surface area contributed by atoms with Crippen LogP contribution in [0.25, 0.3) is 0 Å². The van der Waals surface area contributed by atoms with Crippen LogP contribution in [0.2, 0.25) is 0 Å². The maximum atomic E-state index is 12.8. The number of rotatable bonds is 7. The lowest BCUT2D eigenvalue weighted by molar-refractivity contribution is -0.174. The summed E-state index contributed by atoms with van der Waals surface area (Å²) in [6, 6.07) is 12.5. The van der Waals surface area contributed by atoms with Crippen LogP contribution in [0.3, 0.4) is 0 Å². The average molecular weight is 399 g/mol. The Morgan fingerprint density at radius 3 is 2.41 bits per heavy atom. The Morgan fingerprint density at radius 1 is 1.03 bits per heavy atom. The molecule has 2 atom stereocenters. The fraction of sp³-hybridized carbons (Fsp3) is 0.409. The zero-order chi connectivity index (χ0) is 21.0. The Morgan fingerprint density at radius 2 is 1.76 bits per heavy atom. The van der Waals surface area contributed by atoms with Gasteiger partial charge in [0, 0.05) is 24.2 Å². The van der Waals surface area contributed by atoms with Gasteiger partial charge in [0.2, 0.25) is 5.78 Å². The van der Waals surface area contributed by atoms with Crippen molar-refractivity contribution in [2.75, 3.05) is 0 Å². The summed E-state index contributed by atoms with van der Waals surface area (Å²) < 4.78 is 17.2. The van der Waals surface area contributed by atoms with Crippen LogP contribution in [0, 0.1) is 0 Å². The van der Waals surface area contributed by atoms with Crippen LogP contribution in [0.1, 0.15) is 61.3 Å². The molecule has 0 aliphatic carbocycles. The molecule has 1 aromatic carbocycles. The molecule has 0 radical (unpaired) electrons. The van der Waals surface area contributed by atoms with Crippen molar-refractivity contribution in [2.24, 2.45) is 0 Å². The zero-order valence-corrected chi connectivity index (χ0v) is 16.8. The second-order valence-corrected chi connectivity index (χ2v) is 7.14. The maximum absolute atomic E-state index is 12.8. The maximum Gasteiger partial charge on any atom is 0.511 e. The lowest BCUT2D eigenvalue weighted by atomic mass is 10.1. The number of nitrogens with zero attached hydrogens (tertiary/aromatic N) is 1. The van der Waals surface area contributed by atoms with E-state index in [-0.39, 0.29) is 11.9 Å². The molecule has 0 fully saturated rings. The van der Waals surface area contributed by atoms with Gasteiger partial charge in [-0.1, -0.05) is 37.3 Å². The van der Waals surface area contributed by atoms with E-state index in [1.165, 1.54) is 0 Å². The zero-order valence-electron chi connectivity index (χ0n) is 16.8. The van der Waals surface area contributed by atoms with E-state index in [0.29, 0.717) is 30.6 Å². The lowest BCUT2D eigenvalue weighted by Crippen LogP contribution is -2.27. The largest absolute Gasteiger partial charge is 0.511 e. The molecule has 0 saturated carbocycles. The van der Waals surface area contributed by atoms with Crippen LogP contribution in [0.15, 0.2) is 42.5 Å². The minimum atomic E-state index is -1.01. The third kappa shape index (κ3) is 4.67. The van der Waals surface area contributed by atoms with Gasteiger partial charge in [-0.25, -0.2) is 4.79 Å². The van der Waals surface area contributed by atoms with Crippen molar-refractivity contribution in [3.63, 3.8) is 0 Å². The Kier molecular flexibility index (Phi) is 6.36. The fourth-order valence-electron chi connectivity index (χ4n) is 3.35. The molecular formula is C22H25NO6. The molecular weight excluding hydrogens is 374 g/mol. The van der Waals surface area contributed by atoms with Gasteiger partial charge in [0.05, 0.1) is 17.7 Å². The molecule has 1 aliphatic rings. The van der Waals surface area contributed by atoms with Crippen molar-refractivity contribution < 1.29 is 28.6 Å². The highest BCUT2D eigenvalue weighted by molar-refractivity contribution is 6.08. The Balaban J connectivity index is 1.69. The molecule has 1 aliphatic heterocycles. The standard InChI is InChI=1S/C22H25NO6/c1-4-19(29-22(26)27-14(2)3)28-21(25)16-12-13-23-17(16)10-11-18(23)20(24)15-8-6-5-7-9-15/h5-11,14,16,19H,4,12-13H2,1-3H3. The predicted octanol–water partition coefficient (Wildman–Crippen LogP) is 4.05. The number of carbonyl (C=O) groups is 3. The molecule has 3 rings (SSSR count). The SMILES string of the molecule is CCC(OC(=O)OC(C)C)OC(=O)C1CCn2c(C(=O)c3ccccc3)ccc21. The molecule has 2 heterocycles. The van der Waals surface area contributed by atoms with E-state index in [9.17, 15) is 14.4 Å². The summed E-state index contributed by atoms with van der Waals surface area (Å²) in [5.74, 6) is -1.08. The molecule has 0 amide bonds. The number of hydrogen-bond acceptors (Lipinski definition) is 6. The number of carbonyl (C=O) groups excluding carboxylic acids is 3. The van der Waals surface area contributed by atoms with Crippen LogP contribution < -0.4 is 0 Å². The second-order valence-electron chi connectivity index (χ2n) is 7.14. The van der Waals surface area contributed by atoms with Crippen molar-refractivity contribution in [1.82, 2.24) is 4.57 Å². The van der Waals surface area contributed by atoms with E-state index >= 15 is 0 Å². The average Bonchev–Trinajstić information content (AvgIpc) is 3.29. The van der Waals surface area contributed by atoms with Gasteiger partial charge in [-0.3, -0.25) is 9.59 Å². The van der Waals surface area contributed by atoms with Crippen molar-refractivity contribution in [3.8, 4) is 0 Å². The Bertz CT molecular complexity index is 886. The molecule has 7 heteroatoms. The highest BCUT2D eigenvalue weighted by Gasteiger charge is 2.34. The van der Waals surface area contributed by atoms with Gasteiger partial charge in [0.1, 0.15) is 0 Å². The Labute approximate surface area is 169 Å². The molecule has 29 heavy (non-hydrogen) atoms. The van der Waals surface area contributed by atoms with Crippen LogP contribution in [0.5, 0.6) is 0 Å². The van der Waals surface area contributed by atoms with E-state index < -0.39 is 24.3 Å². The monoisotopic (exact) mass is 399 g/mol. The highest BCUT2D eigenvalue weighted by Crippen LogP contribution is 2.33. The van der Waals surface area contributed by atoms with Crippen molar-refractivity contribution in [2.45, 2.75) is 58.5 Å². The summed E-state index contributed by atoms with van der Waals surface area (Å²) in [7, 11) is 0. The Hall–Kier alpha value is -3.09. The molecule has 0 spiro atoms. The summed E-state index contributed by atoms with van der Waals surface area (Å²) in [5, 5.41) is 0. The third-order valence-electron chi connectivity index (χ3n) is 4.71. The van der Waals surface area contributed by atoms with Crippen molar-refractivity contribution in [3.05, 3.63) is 59.4 Å². The highest BCUT2D eigenvalue weighted by atomic mass is 16.8. The number of ether oxygens (including phenoxy) is 3. The van der Waals surface area contributed by atoms with Gasteiger partial charge in [-0.2, -0.15) is 0 Å². The lowest BCUT2D eigenvalue weighted by Gasteiger charge is -2.19. The first-order valence-electron chi connectivity index (χ1n) is 9.77. The number of esters is 1. The number of hydrogen-bond donors (Lipinski definition) is 0. The number of benzene rings is 1. The van der Waals surface area contributed by atoms with E-state index in [2.05, 4.69) is 0 Å². The molecule has 0 N–H and O–H groups in total. The number of fused-ring (bicyclic) bond motifs is 1. The van der Waals surface area contributed by atoms with Crippen LogP contribution in [-0.2, 0) is 25.5 Å². The molecule has 0 saturated heterocycles. The molecule has 0 bridgehead atoms. The first kappa shape index (κ1) is 20.6. The minimum Gasteiger partial charge on any atom is -0.431 e. The van der Waals surface area contributed by atoms with Gasteiger partial charge in [-0.05, 0) is 32.4 Å². The number of aromatic nitrogens is 1. The summed E-state index contributed by atoms with van der Waals surface area (Å²) in [6.45, 7) is 5.70. The summed E-state index contributed by atoms with van der Waals surface area (Å²) in [6.07, 6.45) is -1.37. The predicted molar refractivity (Wildman–Crippen MR) is 105 cm³/mol. The molecule has 154 valence electrons. The first-order valence-corrected chi connectivity index (χ1v) is 9.77. The van der Waals surface area contributed by atoms with Gasteiger partial charge >= 0.3 is 12.1 Å². The minimum absolute atomic E-state index is 0.0860. The molecule has 2 aromatic rings. The van der Waals surface area contributed by atoms with E-state index in [1.54, 1.807) is 45.0 Å². The fourth-order valence-corrected chi connectivity index (χ4v) is 3.35. The number of ketones is 1. The smallest absolute Gasteiger partial charge is 0.431 e. The van der Waals surface area contributed by atoms with Gasteiger partial charge in [0.15, 0.2) is 0 Å². The first-order chi connectivity index (χ1) is 13.9. The van der Waals surface area contributed by atoms with Gasteiger partial charge in [-0.15, -0.1) is 0 Å². The normalized spacial score (nSPS) is 16.2. The van der Waals surface area contributed by atoms with Crippen LogP contribution in [-0.4, -0.2) is 34.9 Å². The quantitative estimate of drug-likeness (QED) is 0.397. The van der Waals surface area contributed by atoms with Gasteiger partial charge in [0.25, 0.3) is 6.29 Å². The third-order valence-corrected chi connectivity index (χ3v) is 4.71. The van der Waals surface area contributed by atoms with E-state index in [4.69, 9.17) is 14.2 Å². The van der Waals surface area contributed by atoms with Gasteiger partial charge < -0.3 is 18.8 Å². The summed E-state index contributed by atoms with van der Waals surface area (Å²) >= 11 is 0. The molecule has 7 nitrogen and oxygen atoms in total. The second kappa shape index (κ2) is 8.94.